The summed E-state index contributed by atoms with van der Waals surface area (Å²) in [6, 6.07) is 14.2. The van der Waals surface area contributed by atoms with E-state index in [9.17, 15) is 8.42 Å². The van der Waals surface area contributed by atoms with Crippen LogP contribution in [0.15, 0.2) is 65.6 Å². The highest BCUT2D eigenvalue weighted by Gasteiger charge is 2.38. The van der Waals surface area contributed by atoms with Gasteiger partial charge >= 0.3 is 0 Å². The number of sulfonamides is 1. The average Bonchev–Trinajstić information content (AvgIpc) is 3.27. The van der Waals surface area contributed by atoms with Gasteiger partial charge in [0.2, 0.25) is 10.0 Å². The van der Waals surface area contributed by atoms with Gasteiger partial charge < -0.3 is 0 Å². The van der Waals surface area contributed by atoms with Crippen molar-refractivity contribution in [2.24, 2.45) is 17.8 Å². The molecule has 27 heavy (non-hydrogen) atoms. The highest BCUT2D eigenvalue weighted by atomic mass is 35.5. The summed E-state index contributed by atoms with van der Waals surface area (Å²) in [5, 5.41) is 0.601. The zero-order valence-electron chi connectivity index (χ0n) is 14.8. The van der Waals surface area contributed by atoms with Gasteiger partial charge in [0.05, 0.1) is 14.9 Å². The lowest BCUT2D eigenvalue weighted by molar-refractivity contribution is 0.307. The van der Waals surface area contributed by atoms with Gasteiger partial charge in [0.1, 0.15) is 0 Å². The zero-order valence-corrected chi connectivity index (χ0v) is 17.1. The van der Waals surface area contributed by atoms with Crippen molar-refractivity contribution in [1.29, 1.82) is 0 Å². The molecule has 0 saturated heterocycles. The van der Waals surface area contributed by atoms with Gasteiger partial charge in [-0.05, 0) is 54.4 Å². The Labute approximate surface area is 170 Å². The van der Waals surface area contributed by atoms with E-state index in [1.807, 2.05) is 30.3 Å². The zero-order chi connectivity index (χ0) is 19.0. The van der Waals surface area contributed by atoms with Crippen LogP contribution >= 0.6 is 23.2 Å². The predicted octanol–water partition coefficient (Wildman–Crippen LogP) is 5.40. The van der Waals surface area contributed by atoms with Crippen LogP contribution in [0.1, 0.15) is 18.4 Å². The molecule has 3 unspecified atom stereocenters. The first-order chi connectivity index (χ1) is 12.9. The van der Waals surface area contributed by atoms with Crippen LogP contribution < -0.4 is 0 Å². The number of hydrogen-bond donors (Lipinski definition) is 0. The van der Waals surface area contributed by atoms with Crippen molar-refractivity contribution >= 4 is 33.2 Å². The molecular formula is C21H21Cl2NO2S. The Morgan fingerprint density at radius 1 is 0.963 bits per heavy atom. The van der Waals surface area contributed by atoms with Crippen LogP contribution in [-0.2, 0) is 16.6 Å². The van der Waals surface area contributed by atoms with Crippen molar-refractivity contribution in [2.45, 2.75) is 24.3 Å². The first-order valence-electron chi connectivity index (χ1n) is 9.11. The molecule has 3 nitrogen and oxygen atoms in total. The number of rotatable bonds is 6. The second-order valence-corrected chi connectivity index (χ2v) is 10.2. The molecule has 2 aromatic carbocycles. The highest BCUT2D eigenvalue weighted by molar-refractivity contribution is 7.89. The number of fused-ring (bicyclic) bond motifs is 2. The Balaban J connectivity index is 1.65. The van der Waals surface area contributed by atoms with Gasteiger partial charge in [0.15, 0.2) is 0 Å². The van der Waals surface area contributed by atoms with Gasteiger partial charge in [-0.3, -0.25) is 0 Å². The molecule has 0 aromatic heterocycles. The van der Waals surface area contributed by atoms with E-state index in [0.717, 1.165) is 18.4 Å². The molecule has 2 aliphatic carbocycles. The maximum Gasteiger partial charge on any atom is 0.243 e. The molecule has 1 saturated carbocycles. The third kappa shape index (κ3) is 3.95. The van der Waals surface area contributed by atoms with Gasteiger partial charge in [-0.2, -0.15) is 4.31 Å². The van der Waals surface area contributed by atoms with Gasteiger partial charge in [0, 0.05) is 13.1 Å². The van der Waals surface area contributed by atoms with E-state index < -0.39 is 10.0 Å². The topological polar surface area (TPSA) is 37.4 Å². The number of halogens is 2. The minimum atomic E-state index is -3.68. The third-order valence-corrected chi connectivity index (χ3v) is 8.13. The molecule has 0 spiro atoms. The maximum atomic E-state index is 13.4. The molecule has 0 aliphatic heterocycles. The molecule has 2 aromatic rings. The summed E-state index contributed by atoms with van der Waals surface area (Å²) in [5.41, 5.74) is 0.972. The summed E-state index contributed by atoms with van der Waals surface area (Å²) in [5.74, 6) is 1.45. The van der Waals surface area contributed by atoms with Gasteiger partial charge in [-0.25, -0.2) is 8.42 Å². The van der Waals surface area contributed by atoms with Crippen molar-refractivity contribution in [2.75, 3.05) is 6.54 Å². The molecule has 1 fully saturated rings. The van der Waals surface area contributed by atoms with Gasteiger partial charge in [-0.15, -0.1) is 0 Å². The lowest BCUT2D eigenvalue weighted by Crippen LogP contribution is -2.36. The summed E-state index contributed by atoms with van der Waals surface area (Å²) in [4.78, 5) is 0.187. The van der Waals surface area contributed by atoms with Crippen LogP contribution in [0, 0.1) is 17.8 Å². The summed E-state index contributed by atoms with van der Waals surface area (Å²) in [7, 11) is -3.68. The summed E-state index contributed by atoms with van der Waals surface area (Å²) >= 11 is 12.1. The van der Waals surface area contributed by atoms with Gasteiger partial charge in [0.25, 0.3) is 0 Å². The van der Waals surface area contributed by atoms with Crippen LogP contribution in [0.5, 0.6) is 0 Å². The summed E-state index contributed by atoms with van der Waals surface area (Å²) in [6.07, 6.45) is 6.74. The van der Waals surface area contributed by atoms with Crippen LogP contribution in [0.2, 0.25) is 10.0 Å². The van der Waals surface area contributed by atoms with E-state index in [-0.39, 0.29) is 9.92 Å². The normalized spacial score (nSPS) is 24.0. The smallest absolute Gasteiger partial charge is 0.207 e. The third-order valence-electron chi connectivity index (χ3n) is 5.59. The van der Waals surface area contributed by atoms with E-state index in [0.29, 0.717) is 35.9 Å². The Kier molecular flexibility index (Phi) is 5.34. The molecule has 0 radical (unpaired) electrons. The van der Waals surface area contributed by atoms with Crippen LogP contribution in [0.3, 0.4) is 0 Å². The van der Waals surface area contributed by atoms with Gasteiger partial charge in [-0.1, -0.05) is 65.7 Å². The molecule has 142 valence electrons. The van der Waals surface area contributed by atoms with Crippen molar-refractivity contribution in [3.8, 4) is 0 Å². The van der Waals surface area contributed by atoms with E-state index in [1.165, 1.54) is 18.2 Å². The highest BCUT2D eigenvalue weighted by Crippen LogP contribution is 2.44. The fourth-order valence-corrected chi connectivity index (χ4v) is 6.06. The van der Waals surface area contributed by atoms with E-state index in [1.54, 1.807) is 4.31 Å². The lowest BCUT2D eigenvalue weighted by Gasteiger charge is -2.28. The van der Waals surface area contributed by atoms with Crippen molar-refractivity contribution in [3.63, 3.8) is 0 Å². The largest absolute Gasteiger partial charge is 0.243 e. The Bertz CT molecular complexity index is 959. The molecule has 2 bridgehead atoms. The standard InChI is InChI=1S/C21H21Cl2NO2S/c22-20-9-8-19(12-21(20)23)27(25,26)24(13-15-4-2-1-3-5-15)14-18-11-16-6-7-17(18)10-16/h1-9,12,16-18H,10-11,13-14H2. The molecule has 6 heteroatoms. The fraction of sp³-hybridized carbons (Fsp3) is 0.333. The second-order valence-electron chi connectivity index (χ2n) is 7.40. The van der Waals surface area contributed by atoms with E-state index in [4.69, 9.17) is 23.2 Å². The summed E-state index contributed by atoms with van der Waals surface area (Å²) in [6.45, 7) is 0.865. The van der Waals surface area contributed by atoms with Crippen LogP contribution in [0.4, 0.5) is 0 Å². The molecule has 4 rings (SSSR count). The second kappa shape index (κ2) is 7.59. The molecule has 0 heterocycles. The van der Waals surface area contributed by atoms with Crippen molar-refractivity contribution in [3.05, 3.63) is 76.3 Å². The average molecular weight is 422 g/mol. The first-order valence-corrected chi connectivity index (χ1v) is 11.3. The molecule has 2 aliphatic rings. The predicted molar refractivity (Wildman–Crippen MR) is 109 cm³/mol. The Morgan fingerprint density at radius 2 is 1.74 bits per heavy atom. The van der Waals surface area contributed by atoms with E-state index in [2.05, 4.69) is 12.2 Å². The molecule has 0 amide bonds. The first kappa shape index (κ1) is 19.0. The number of allylic oxidation sites excluding steroid dienone is 2. The quantitative estimate of drug-likeness (QED) is 0.585. The summed E-state index contributed by atoms with van der Waals surface area (Å²) < 4.78 is 28.4. The lowest BCUT2D eigenvalue weighted by atomic mass is 9.93. The number of benzene rings is 2. The van der Waals surface area contributed by atoms with E-state index >= 15 is 0 Å². The van der Waals surface area contributed by atoms with Crippen molar-refractivity contribution < 1.29 is 8.42 Å². The van der Waals surface area contributed by atoms with Crippen LogP contribution in [-0.4, -0.2) is 19.3 Å². The minimum Gasteiger partial charge on any atom is -0.207 e. The SMILES string of the molecule is O=S(=O)(c1ccc(Cl)c(Cl)c1)N(Cc1ccccc1)CC1CC2C=CC1C2. The van der Waals surface area contributed by atoms with Crippen molar-refractivity contribution in [1.82, 2.24) is 4.31 Å². The maximum absolute atomic E-state index is 13.4. The minimum absolute atomic E-state index is 0.187. The number of nitrogens with zero attached hydrogens (tertiary/aromatic N) is 1. The Hall–Kier alpha value is -1.33. The molecule has 0 N–H and O–H groups in total. The van der Waals surface area contributed by atoms with Crippen LogP contribution in [0.25, 0.3) is 0 Å². The molecule has 3 atom stereocenters. The monoisotopic (exact) mass is 421 g/mol. The number of hydrogen-bond acceptors (Lipinski definition) is 2. The Morgan fingerprint density at radius 3 is 2.37 bits per heavy atom. The molecular weight excluding hydrogens is 401 g/mol. The fourth-order valence-electron chi connectivity index (χ4n) is 4.19.